The highest BCUT2D eigenvalue weighted by Gasteiger charge is 2.14. The number of carbonyl (C=O) groups excluding carboxylic acids is 2. The van der Waals surface area contributed by atoms with Gasteiger partial charge in [-0.1, -0.05) is 27.7 Å². The van der Waals surface area contributed by atoms with E-state index >= 15 is 0 Å². The van der Waals surface area contributed by atoms with Crippen LogP contribution in [0.15, 0.2) is 48.5 Å². The molecule has 0 heterocycles. The van der Waals surface area contributed by atoms with Crippen LogP contribution in [0.4, 0.5) is 5.69 Å². The standard InChI is InChI=1S/C25H34N2O3/c1-5-16-27(17-6-2)25(29)21-7-11-22(12-8-21)26-24(28)20-9-13-23(14-10-20)30-18-15-19(3)4/h7-14,19H,5-6,15-18H2,1-4H3,(H,26,28). The molecule has 2 aromatic rings. The predicted molar refractivity (Wildman–Crippen MR) is 122 cm³/mol. The van der Waals surface area contributed by atoms with Crippen LogP contribution in [-0.2, 0) is 0 Å². The highest BCUT2D eigenvalue weighted by molar-refractivity contribution is 6.04. The monoisotopic (exact) mass is 410 g/mol. The number of ether oxygens (including phenoxy) is 1. The molecule has 0 saturated heterocycles. The first-order valence-electron chi connectivity index (χ1n) is 10.9. The Balaban J connectivity index is 1.94. The second-order valence-corrected chi connectivity index (χ2v) is 7.88. The first-order valence-corrected chi connectivity index (χ1v) is 10.9. The van der Waals surface area contributed by atoms with Crippen molar-refractivity contribution in [2.75, 3.05) is 25.0 Å². The lowest BCUT2D eigenvalue weighted by atomic mass is 10.1. The second kappa shape index (κ2) is 12.0. The van der Waals surface area contributed by atoms with Crippen molar-refractivity contribution in [3.05, 3.63) is 59.7 Å². The first kappa shape index (κ1) is 23.5. The minimum Gasteiger partial charge on any atom is -0.494 e. The summed E-state index contributed by atoms with van der Waals surface area (Å²) >= 11 is 0. The lowest BCUT2D eigenvalue weighted by Gasteiger charge is -2.21. The maximum Gasteiger partial charge on any atom is 0.255 e. The SMILES string of the molecule is CCCN(CCC)C(=O)c1ccc(NC(=O)c2ccc(OCCC(C)C)cc2)cc1. The van der Waals surface area contributed by atoms with Crippen molar-refractivity contribution in [3.63, 3.8) is 0 Å². The van der Waals surface area contributed by atoms with Crippen LogP contribution in [0.1, 0.15) is 67.7 Å². The molecule has 0 saturated carbocycles. The van der Waals surface area contributed by atoms with Crippen molar-refractivity contribution >= 4 is 17.5 Å². The van der Waals surface area contributed by atoms with Crippen molar-refractivity contribution in [1.82, 2.24) is 4.90 Å². The Kier molecular flexibility index (Phi) is 9.39. The van der Waals surface area contributed by atoms with Crippen LogP contribution in [0, 0.1) is 5.92 Å². The number of nitrogens with zero attached hydrogens (tertiary/aromatic N) is 1. The lowest BCUT2D eigenvalue weighted by Crippen LogP contribution is -2.32. The van der Waals surface area contributed by atoms with Gasteiger partial charge in [0.15, 0.2) is 0 Å². The van der Waals surface area contributed by atoms with Gasteiger partial charge in [0.05, 0.1) is 6.61 Å². The normalized spacial score (nSPS) is 10.7. The van der Waals surface area contributed by atoms with Crippen molar-refractivity contribution in [3.8, 4) is 5.75 Å². The van der Waals surface area contributed by atoms with Gasteiger partial charge in [-0.15, -0.1) is 0 Å². The van der Waals surface area contributed by atoms with Crippen LogP contribution in [0.5, 0.6) is 5.75 Å². The Morgan fingerprint density at radius 2 is 1.47 bits per heavy atom. The summed E-state index contributed by atoms with van der Waals surface area (Å²) in [6.07, 6.45) is 2.86. The number of carbonyl (C=O) groups is 2. The van der Waals surface area contributed by atoms with Gasteiger partial charge in [0, 0.05) is 29.9 Å². The minimum atomic E-state index is -0.193. The van der Waals surface area contributed by atoms with E-state index in [1.807, 2.05) is 17.0 Å². The van der Waals surface area contributed by atoms with E-state index in [9.17, 15) is 9.59 Å². The van der Waals surface area contributed by atoms with Crippen LogP contribution >= 0.6 is 0 Å². The highest BCUT2D eigenvalue weighted by atomic mass is 16.5. The molecule has 2 aromatic carbocycles. The van der Waals surface area contributed by atoms with Crippen LogP contribution in [0.2, 0.25) is 0 Å². The van der Waals surface area contributed by atoms with Crippen LogP contribution in [0.25, 0.3) is 0 Å². The van der Waals surface area contributed by atoms with Gasteiger partial charge in [-0.2, -0.15) is 0 Å². The molecule has 0 fully saturated rings. The number of nitrogens with one attached hydrogen (secondary N) is 1. The summed E-state index contributed by atoms with van der Waals surface area (Å²) in [5, 5.41) is 2.88. The summed E-state index contributed by atoms with van der Waals surface area (Å²) in [7, 11) is 0. The predicted octanol–water partition coefficient (Wildman–Crippen LogP) is 5.63. The zero-order chi connectivity index (χ0) is 21.9. The molecule has 5 heteroatoms. The Morgan fingerprint density at radius 1 is 0.900 bits per heavy atom. The van der Waals surface area contributed by atoms with Crippen molar-refractivity contribution in [2.24, 2.45) is 5.92 Å². The third-order valence-electron chi connectivity index (χ3n) is 4.74. The van der Waals surface area contributed by atoms with Crippen molar-refractivity contribution < 1.29 is 14.3 Å². The summed E-state index contributed by atoms with van der Waals surface area (Å²) in [4.78, 5) is 27.0. The second-order valence-electron chi connectivity index (χ2n) is 7.88. The molecule has 2 amide bonds. The van der Waals surface area contributed by atoms with Gasteiger partial charge in [-0.25, -0.2) is 0 Å². The van der Waals surface area contributed by atoms with E-state index in [-0.39, 0.29) is 11.8 Å². The third kappa shape index (κ3) is 7.21. The summed E-state index contributed by atoms with van der Waals surface area (Å²) in [5.41, 5.74) is 1.85. The number of benzene rings is 2. The van der Waals surface area contributed by atoms with Crippen molar-refractivity contribution in [1.29, 1.82) is 0 Å². The smallest absolute Gasteiger partial charge is 0.255 e. The summed E-state index contributed by atoms with van der Waals surface area (Å²) < 4.78 is 5.69. The van der Waals surface area contributed by atoms with Crippen molar-refractivity contribution in [2.45, 2.75) is 47.0 Å². The maximum atomic E-state index is 12.7. The molecule has 30 heavy (non-hydrogen) atoms. The summed E-state index contributed by atoms with van der Waals surface area (Å²) in [6, 6.07) is 14.2. The molecule has 0 aliphatic heterocycles. The largest absolute Gasteiger partial charge is 0.494 e. The van der Waals surface area contributed by atoms with E-state index in [0.29, 0.717) is 29.3 Å². The molecular weight excluding hydrogens is 376 g/mol. The first-order chi connectivity index (χ1) is 14.4. The molecular formula is C25H34N2O3. The van der Waals surface area contributed by atoms with E-state index in [1.54, 1.807) is 36.4 Å². The fraction of sp³-hybridized carbons (Fsp3) is 0.440. The molecule has 162 valence electrons. The lowest BCUT2D eigenvalue weighted by molar-refractivity contribution is 0.0755. The summed E-state index contributed by atoms with van der Waals surface area (Å²) in [5.74, 6) is 1.20. The average molecular weight is 411 g/mol. The minimum absolute atomic E-state index is 0.0321. The molecule has 5 nitrogen and oxygen atoms in total. The van der Waals surface area contributed by atoms with E-state index in [0.717, 1.165) is 38.1 Å². The molecule has 0 atom stereocenters. The van der Waals surface area contributed by atoms with Gasteiger partial charge in [-0.3, -0.25) is 9.59 Å². The zero-order valence-electron chi connectivity index (χ0n) is 18.6. The average Bonchev–Trinajstić information content (AvgIpc) is 2.74. The number of anilines is 1. The molecule has 0 aromatic heterocycles. The number of hydrogen-bond acceptors (Lipinski definition) is 3. The zero-order valence-corrected chi connectivity index (χ0v) is 18.6. The van der Waals surface area contributed by atoms with E-state index < -0.39 is 0 Å². The molecule has 1 N–H and O–H groups in total. The summed E-state index contributed by atoms with van der Waals surface area (Å²) in [6.45, 7) is 10.6. The van der Waals surface area contributed by atoms with Gasteiger partial charge in [-0.05, 0) is 73.7 Å². The van der Waals surface area contributed by atoms with E-state index in [1.165, 1.54) is 0 Å². The quantitative estimate of drug-likeness (QED) is 0.522. The third-order valence-corrected chi connectivity index (χ3v) is 4.74. The van der Waals surface area contributed by atoms with E-state index in [2.05, 4.69) is 33.0 Å². The highest BCUT2D eigenvalue weighted by Crippen LogP contribution is 2.16. The fourth-order valence-electron chi connectivity index (χ4n) is 3.05. The fourth-order valence-corrected chi connectivity index (χ4v) is 3.05. The molecule has 0 radical (unpaired) electrons. The number of hydrogen-bond donors (Lipinski definition) is 1. The van der Waals surface area contributed by atoms with Crippen LogP contribution in [0.3, 0.4) is 0 Å². The molecule has 0 bridgehead atoms. The Morgan fingerprint density at radius 3 is 2.00 bits per heavy atom. The molecule has 2 rings (SSSR count). The van der Waals surface area contributed by atoms with Gasteiger partial charge >= 0.3 is 0 Å². The topological polar surface area (TPSA) is 58.6 Å². The molecule has 0 spiro atoms. The molecule has 0 aliphatic rings. The van der Waals surface area contributed by atoms with Crippen LogP contribution in [-0.4, -0.2) is 36.4 Å². The van der Waals surface area contributed by atoms with Gasteiger partial charge in [0.2, 0.25) is 0 Å². The number of amides is 2. The Labute approximate surface area is 180 Å². The van der Waals surface area contributed by atoms with Gasteiger partial charge in [0.25, 0.3) is 11.8 Å². The molecule has 0 unspecified atom stereocenters. The van der Waals surface area contributed by atoms with Gasteiger partial charge in [0.1, 0.15) is 5.75 Å². The van der Waals surface area contributed by atoms with Gasteiger partial charge < -0.3 is 15.0 Å². The molecule has 0 aliphatic carbocycles. The maximum absolute atomic E-state index is 12.7. The Bertz CT molecular complexity index is 792. The van der Waals surface area contributed by atoms with E-state index in [4.69, 9.17) is 4.74 Å². The van der Waals surface area contributed by atoms with Crippen LogP contribution < -0.4 is 10.1 Å². The number of rotatable bonds is 11. The Hall–Kier alpha value is -2.82.